The minimum absolute atomic E-state index is 0.0461. The highest BCUT2D eigenvalue weighted by Crippen LogP contribution is 2.40. The number of carbonyl (C=O) groups excluding carboxylic acids is 2. The maximum Gasteiger partial charge on any atom is 0.259 e. The van der Waals surface area contributed by atoms with Crippen molar-refractivity contribution in [3.63, 3.8) is 0 Å². The summed E-state index contributed by atoms with van der Waals surface area (Å²) >= 11 is 0. The first-order chi connectivity index (χ1) is 16.9. The lowest BCUT2D eigenvalue weighted by molar-refractivity contribution is 0.0997. The van der Waals surface area contributed by atoms with Gasteiger partial charge in [0.05, 0.1) is 23.5 Å². The molecule has 176 valence electrons. The van der Waals surface area contributed by atoms with Gasteiger partial charge in [-0.2, -0.15) is 5.11 Å². The van der Waals surface area contributed by atoms with E-state index in [0.717, 1.165) is 0 Å². The second kappa shape index (κ2) is 10.0. The number of ether oxygens (including phenoxy) is 1. The summed E-state index contributed by atoms with van der Waals surface area (Å²) in [5.41, 5.74) is 7.57. The van der Waals surface area contributed by atoms with Crippen molar-refractivity contribution in [2.24, 2.45) is 16.0 Å². The minimum atomic E-state index is -0.537. The van der Waals surface area contributed by atoms with Gasteiger partial charge in [-0.05, 0) is 61.2 Å². The number of carbonyl (C=O) groups is 2. The molecule has 0 radical (unpaired) electrons. The standard InChI is InChI=1S/C27H24N4O4/c1-3-35-23-11-7-6-10-22(23)29-27(34)20-15-17-8-4-5-9-19(17)24(25(20)32)31-30-21-13-12-18(26(28)33)14-16(21)2/h4-15,32H,3H2,1-2H3,(H2,28,33)(H,29,34). The van der Waals surface area contributed by atoms with Crippen LogP contribution in [-0.4, -0.2) is 23.5 Å². The Hall–Kier alpha value is -4.72. The number of primary amides is 1. The molecule has 0 aliphatic rings. The number of aryl methyl sites for hydroxylation is 1. The van der Waals surface area contributed by atoms with Gasteiger partial charge < -0.3 is 20.9 Å². The summed E-state index contributed by atoms with van der Waals surface area (Å²) in [6, 6.07) is 20.7. The zero-order valence-corrected chi connectivity index (χ0v) is 19.3. The van der Waals surface area contributed by atoms with Gasteiger partial charge in [0.15, 0.2) is 5.75 Å². The van der Waals surface area contributed by atoms with Gasteiger partial charge in [-0.1, -0.05) is 36.4 Å². The Morgan fingerprint density at radius 1 is 1.00 bits per heavy atom. The molecule has 0 aliphatic heterocycles. The summed E-state index contributed by atoms with van der Waals surface area (Å²) in [5.74, 6) is -0.827. The zero-order valence-electron chi connectivity index (χ0n) is 19.3. The predicted molar refractivity (Wildman–Crippen MR) is 135 cm³/mol. The molecule has 4 aromatic rings. The molecule has 35 heavy (non-hydrogen) atoms. The number of aromatic hydroxyl groups is 1. The Morgan fingerprint density at radius 3 is 2.49 bits per heavy atom. The quantitative estimate of drug-likeness (QED) is 0.287. The van der Waals surface area contributed by atoms with E-state index in [9.17, 15) is 14.7 Å². The molecule has 0 unspecified atom stereocenters. The van der Waals surface area contributed by atoms with Crippen LogP contribution >= 0.6 is 0 Å². The fourth-order valence-corrected chi connectivity index (χ4v) is 3.66. The minimum Gasteiger partial charge on any atom is -0.505 e. The van der Waals surface area contributed by atoms with Crippen LogP contribution < -0.4 is 15.8 Å². The monoisotopic (exact) mass is 468 g/mol. The summed E-state index contributed by atoms with van der Waals surface area (Å²) in [7, 11) is 0. The lowest BCUT2D eigenvalue weighted by Gasteiger charge is -2.13. The third-order valence-electron chi connectivity index (χ3n) is 5.41. The number of benzene rings is 4. The summed E-state index contributed by atoms with van der Waals surface area (Å²) in [6.45, 7) is 4.07. The van der Waals surface area contributed by atoms with Crippen LogP contribution in [0.25, 0.3) is 10.8 Å². The molecule has 0 saturated carbocycles. The molecule has 0 fully saturated rings. The Morgan fingerprint density at radius 2 is 1.74 bits per heavy atom. The van der Waals surface area contributed by atoms with Crippen LogP contribution in [0.5, 0.6) is 11.5 Å². The van der Waals surface area contributed by atoms with E-state index in [4.69, 9.17) is 10.5 Å². The highest BCUT2D eigenvalue weighted by Gasteiger charge is 2.19. The predicted octanol–water partition coefficient (Wildman–Crippen LogP) is 6.02. The van der Waals surface area contributed by atoms with E-state index in [0.29, 0.717) is 45.6 Å². The lowest BCUT2D eigenvalue weighted by atomic mass is 10.0. The maximum atomic E-state index is 13.2. The smallest absolute Gasteiger partial charge is 0.259 e. The normalized spacial score (nSPS) is 11.0. The van der Waals surface area contributed by atoms with Crippen molar-refractivity contribution in [2.75, 3.05) is 11.9 Å². The number of phenolic OH excluding ortho intramolecular Hbond substituents is 1. The van der Waals surface area contributed by atoms with Gasteiger partial charge in [-0.25, -0.2) is 0 Å². The molecular weight excluding hydrogens is 444 g/mol. The third kappa shape index (κ3) is 4.96. The molecule has 0 atom stereocenters. The van der Waals surface area contributed by atoms with E-state index in [-0.39, 0.29) is 17.0 Å². The molecule has 0 aliphatic carbocycles. The molecule has 2 amide bonds. The van der Waals surface area contributed by atoms with Crippen molar-refractivity contribution >= 4 is 39.6 Å². The van der Waals surface area contributed by atoms with Gasteiger partial charge in [0.25, 0.3) is 5.91 Å². The highest BCUT2D eigenvalue weighted by atomic mass is 16.5. The van der Waals surface area contributed by atoms with Crippen molar-refractivity contribution in [3.8, 4) is 11.5 Å². The number of nitrogens with zero attached hydrogens (tertiary/aromatic N) is 2. The average molecular weight is 469 g/mol. The molecule has 4 aromatic carbocycles. The zero-order chi connectivity index (χ0) is 24.9. The molecule has 4 N–H and O–H groups in total. The number of para-hydroxylation sites is 2. The number of phenols is 1. The SMILES string of the molecule is CCOc1ccccc1NC(=O)c1cc2ccccc2c(N=Nc2ccc(C(N)=O)cc2C)c1O. The molecule has 0 saturated heterocycles. The topological polar surface area (TPSA) is 126 Å². The number of azo groups is 1. The van der Waals surface area contributed by atoms with E-state index in [1.165, 1.54) is 0 Å². The van der Waals surface area contributed by atoms with Gasteiger partial charge >= 0.3 is 0 Å². The van der Waals surface area contributed by atoms with Crippen molar-refractivity contribution in [1.29, 1.82) is 0 Å². The van der Waals surface area contributed by atoms with Gasteiger partial charge in [0, 0.05) is 10.9 Å². The number of rotatable bonds is 7. The Labute approximate surface area is 202 Å². The van der Waals surface area contributed by atoms with Crippen molar-refractivity contribution in [2.45, 2.75) is 13.8 Å². The van der Waals surface area contributed by atoms with Gasteiger partial charge in [0.1, 0.15) is 11.4 Å². The van der Waals surface area contributed by atoms with Gasteiger partial charge in [-0.3, -0.25) is 9.59 Å². The van der Waals surface area contributed by atoms with E-state index < -0.39 is 11.8 Å². The molecule has 0 spiro atoms. The fraction of sp³-hybridized carbons (Fsp3) is 0.111. The summed E-state index contributed by atoms with van der Waals surface area (Å²) in [6.07, 6.45) is 0. The number of anilines is 1. The first-order valence-electron chi connectivity index (χ1n) is 11.0. The van der Waals surface area contributed by atoms with Gasteiger partial charge in [-0.15, -0.1) is 5.11 Å². The number of amides is 2. The molecule has 8 heteroatoms. The highest BCUT2D eigenvalue weighted by molar-refractivity contribution is 6.12. The third-order valence-corrected chi connectivity index (χ3v) is 5.41. The van der Waals surface area contributed by atoms with Crippen LogP contribution in [0.4, 0.5) is 17.1 Å². The van der Waals surface area contributed by atoms with E-state index >= 15 is 0 Å². The first-order valence-corrected chi connectivity index (χ1v) is 11.0. The first kappa shape index (κ1) is 23.4. The molecule has 4 rings (SSSR count). The molecule has 0 heterocycles. The van der Waals surface area contributed by atoms with Crippen molar-refractivity contribution < 1.29 is 19.4 Å². The Bertz CT molecular complexity index is 1460. The molecular formula is C27H24N4O4. The van der Waals surface area contributed by atoms with E-state index in [2.05, 4.69) is 15.5 Å². The van der Waals surface area contributed by atoms with Crippen LogP contribution in [0.1, 0.15) is 33.2 Å². The number of hydrogen-bond acceptors (Lipinski definition) is 6. The largest absolute Gasteiger partial charge is 0.505 e. The summed E-state index contributed by atoms with van der Waals surface area (Å²) < 4.78 is 5.58. The molecule has 0 bridgehead atoms. The van der Waals surface area contributed by atoms with Crippen LogP contribution in [0.15, 0.2) is 83.0 Å². The van der Waals surface area contributed by atoms with Gasteiger partial charge in [0.2, 0.25) is 5.91 Å². The molecule has 8 nitrogen and oxygen atoms in total. The van der Waals surface area contributed by atoms with E-state index in [1.54, 1.807) is 55.5 Å². The number of fused-ring (bicyclic) bond motifs is 1. The second-order valence-corrected chi connectivity index (χ2v) is 7.79. The fourth-order valence-electron chi connectivity index (χ4n) is 3.66. The maximum absolute atomic E-state index is 13.2. The summed E-state index contributed by atoms with van der Waals surface area (Å²) in [4.78, 5) is 24.6. The van der Waals surface area contributed by atoms with Crippen LogP contribution in [-0.2, 0) is 0 Å². The number of nitrogens with two attached hydrogens (primary N) is 1. The Kier molecular flexibility index (Phi) is 6.73. The summed E-state index contributed by atoms with van der Waals surface area (Å²) in [5, 5.41) is 23.8. The van der Waals surface area contributed by atoms with Crippen molar-refractivity contribution in [3.05, 3.63) is 89.5 Å². The van der Waals surface area contributed by atoms with Crippen LogP contribution in [0.3, 0.4) is 0 Å². The lowest BCUT2D eigenvalue weighted by Crippen LogP contribution is -2.13. The molecule has 0 aromatic heterocycles. The van der Waals surface area contributed by atoms with Crippen LogP contribution in [0, 0.1) is 6.92 Å². The average Bonchev–Trinajstić information content (AvgIpc) is 2.85. The number of nitrogens with one attached hydrogen (secondary N) is 1. The Balaban J connectivity index is 1.75. The van der Waals surface area contributed by atoms with E-state index in [1.807, 2.05) is 31.2 Å². The number of hydrogen-bond donors (Lipinski definition) is 3. The van der Waals surface area contributed by atoms with Crippen LogP contribution in [0.2, 0.25) is 0 Å². The van der Waals surface area contributed by atoms with Crippen molar-refractivity contribution in [1.82, 2.24) is 0 Å². The second-order valence-electron chi connectivity index (χ2n) is 7.79.